The molecule has 1 saturated carbocycles. The minimum Gasteiger partial charge on any atom is -0.444 e. The van der Waals surface area contributed by atoms with E-state index in [1.807, 2.05) is 37.4 Å². The average molecular weight is 669 g/mol. The minimum atomic E-state index is -0.733. The van der Waals surface area contributed by atoms with Gasteiger partial charge in [0.25, 0.3) is 0 Å². The maximum Gasteiger partial charge on any atom is 0.410 e. The summed E-state index contributed by atoms with van der Waals surface area (Å²) in [5, 5.41) is 31.2. The Hall–Kier alpha value is -1.15. The number of hydrogen-bond donors (Lipinski definition) is 4. The zero-order valence-electron chi connectivity index (χ0n) is 30.1. The predicted octanol–water partition coefficient (Wildman–Crippen LogP) is 3.26. The van der Waals surface area contributed by atoms with E-state index in [0.29, 0.717) is 32.2 Å². The van der Waals surface area contributed by atoms with E-state index in [-0.39, 0.29) is 41.0 Å². The molecule has 1 aliphatic carbocycles. The van der Waals surface area contributed by atoms with Crippen LogP contribution in [0, 0.1) is 28.6 Å². The summed E-state index contributed by atoms with van der Waals surface area (Å²) < 4.78 is 11.1. The topological polar surface area (TPSA) is 122 Å². The van der Waals surface area contributed by atoms with E-state index in [9.17, 15) is 15.0 Å². The molecule has 4 rings (SSSR count). The third-order valence-corrected chi connectivity index (χ3v) is 10.7. The number of amides is 1. The van der Waals surface area contributed by atoms with Crippen molar-refractivity contribution in [2.45, 2.75) is 105 Å². The molecule has 1 spiro atoms. The SMILES string of the molecule is COCCCNC1NC(C(C)(C)C)=NCC1C(O)N(CC(C)C)C1CC12C[C@@H](C(O)N1CCSCC1)CN(C(=O)OC(C)(C)C)C2. The number of thioether (sulfide) groups is 1. The van der Waals surface area contributed by atoms with Crippen molar-refractivity contribution in [2.75, 3.05) is 71.0 Å². The molecule has 0 bridgehead atoms. The van der Waals surface area contributed by atoms with Gasteiger partial charge in [-0.15, -0.1) is 0 Å². The molecule has 3 fully saturated rings. The highest BCUT2D eigenvalue weighted by atomic mass is 32.2. The summed E-state index contributed by atoms with van der Waals surface area (Å²) in [6.45, 7) is 22.0. The number of hydrogen-bond acceptors (Lipinski definition) is 11. The largest absolute Gasteiger partial charge is 0.444 e. The second-order valence-corrected chi connectivity index (χ2v) is 17.7. The van der Waals surface area contributed by atoms with Gasteiger partial charge in [-0.2, -0.15) is 11.8 Å². The summed E-state index contributed by atoms with van der Waals surface area (Å²) in [7, 11) is 1.72. The number of amidine groups is 1. The van der Waals surface area contributed by atoms with E-state index >= 15 is 0 Å². The maximum atomic E-state index is 13.5. The van der Waals surface area contributed by atoms with Gasteiger partial charge in [0.05, 0.1) is 18.6 Å². The van der Waals surface area contributed by atoms with Crippen LogP contribution in [0.4, 0.5) is 4.79 Å². The Kier molecular flexibility index (Phi) is 12.8. The second kappa shape index (κ2) is 15.6. The third kappa shape index (κ3) is 9.72. The molecule has 12 heteroatoms. The molecule has 0 aromatic rings. The van der Waals surface area contributed by atoms with Crippen molar-refractivity contribution < 1.29 is 24.5 Å². The van der Waals surface area contributed by atoms with Gasteiger partial charge in [-0.25, -0.2) is 4.79 Å². The molecular formula is C34H64N6O5S. The first kappa shape index (κ1) is 37.7. The average Bonchev–Trinajstić information content (AvgIpc) is 3.67. The fourth-order valence-electron chi connectivity index (χ4n) is 7.45. The predicted molar refractivity (Wildman–Crippen MR) is 186 cm³/mol. The Bertz CT molecular complexity index is 1030. The Morgan fingerprint density at radius 1 is 1.17 bits per heavy atom. The zero-order chi connectivity index (χ0) is 33.9. The number of carbonyl (C=O) groups excluding carboxylic acids is 1. The second-order valence-electron chi connectivity index (χ2n) is 16.5. The van der Waals surface area contributed by atoms with Crippen molar-refractivity contribution in [1.82, 2.24) is 25.3 Å². The van der Waals surface area contributed by atoms with E-state index in [2.05, 4.69) is 55.1 Å². The number of ether oxygens (including phenoxy) is 2. The summed E-state index contributed by atoms with van der Waals surface area (Å²) in [4.78, 5) is 24.8. The van der Waals surface area contributed by atoms with Crippen molar-refractivity contribution in [3.8, 4) is 0 Å². The van der Waals surface area contributed by atoms with Crippen LogP contribution in [-0.2, 0) is 9.47 Å². The smallest absolute Gasteiger partial charge is 0.410 e. The Labute approximate surface area is 282 Å². The monoisotopic (exact) mass is 668 g/mol. The van der Waals surface area contributed by atoms with Crippen LogP contribution < -0.4 is 10.6 Å². The van der Waals surface area contributed by atoms with Gasteiger partial charge in [0, 0.05) is 80.7 Å². The number of aliphatic hydroxyl groups is 2. The van der Waals surface area contributed by atoms with E-state index < -0.39 is 18.1 Å². The van der Waals surface area contributed by atoms with Gasteiger partial charge < -0.3 is 29.9 Å². The number of aliphatic imine (C=N–C) groups is 1. The highest BCUT2D eigenvalue weighted by Gasteiger charge is 2.63. The van der Waals surface area contributed by atoms with Gasteiger partial charge in [-0.05, 0) is 52.5 Å². The molecule has 11 nitrogen and oxygen atoms in total. The maximum absolute atomic E-state index is 13.5. The lowest BCUT2D eigenvalue weighted by atomic mass is 9.84. The first-order valence-electron chi connectivity index (χ1n) is 17.5. The molecule has 0 aromatic carbocycles. The first-order valence-corrected chi connectivity index (χ1v) is 18.7. The van der Waals surface area contributed by atoms with Crippen molar-refractivity contribution in [3.05, 3.63) is 0 Å². The van der Waals surface area contributed by atoms with E-state index in [0.717, 1.165) is 62.8 Å². The normalized spacial score (nSPS) is 30.7. The van der Waals surface area contributed by atoms with Crippen molar-refractivity contribution >= 4 is 23.7 Å². The molecule has 3 heterocycles. The van der Waals surface area contributed by atoms with Crippen LogP contribution in [0.3, 0.4) is 0 Å². The Morgan fingerprint density at radius 2 is 1.87 bits per heavy atom. The molecule has 3 aliphatic heterocycles. The lowest BCUT2D eigenvalue weighted by molar-refractivity contribution is -0.0897. The van der Waals surface area contributed by atoms with Gasteiger partial charge in [0.15, 0.2) is 0 Å². The van der Waals surface area contributed by atoms with Gasteiger partial charge in [-0.1, -0.05) is 34.6 Å². The van der Waals surface area contributed by atoms with Gasteiger partial charge >= 0.3 is 6.09 Å². The summed E-state index contributed by atoms with van der Waals surface area (Å²) in [6.07, 6.45) is 0.764. The number of aliphatic hydroxyl groups excluding tert-OH is 2. The highest BCUT2D eigenvalue weighted by Crippen LogP contribution is 2.58. The summed E-state index contributed by atoms with van der Waals surface area (Å²) in [5.74, 6) is 3.06. The first-order chi connectivity index (χ1) is 21.5. The standard InChI is InChI=1S/C34H64N6O5S/c1-23(2)20-40(29(42)25-19-36-30(32(3,4)5)37-27(25)35-11-10-14-44-9)26-18-34(26)17-24(28(41)38-12-15-46-16-13-38)21-39(22-34)31(43)45-33(6,7)8/h23-29,35,41-42H,10-22H2,1-9H3,(H,36,37)/t24-,25?,26?,27?,28?,29?,34?/m1/s1. The molecular weight excluding hydrogens is 604 g/mol. The number of piperidine rings is 1. The fraction of sp³-hybridized carbons (Fsp3) is 0.941. The van der Waals surface area contributed by atoms with Crippen LogP contribution in [0.15, 0.2) is 4.99 Å². The quantitative estimate of drug-likeness (QED) is 0.182. The van der Waals surface area contributed by atoms with Crippen LogP contribution in [0.5, 0.6) is 0 Å². The number of rotatable bonds is 12. The lowest BCUT2D eigenvalue weighted by Gasteiger charge is -2.46. The molecule has 46 heavy (non-hydrogen) atoms. The summed E-state index contributed by atoms with van der Waals surface area (Å²) in [5.41, 5.74) is -0.949. The summed E-state index contributed by atoms with van der Waals surface area (Å²) in [6, 6.07) is 0.0869. The van der Waals surface area contributed by atoms with Crippen molar-refractivity contribution in [1.29, 1.82) is 0 Å². The third-order valence-electron chi connectivity index (χ3n) is 9.75. The molecule has 4 aliphatic rings. The molecule has 2 saturated heterocycles. The molecule has 4 N–H and O–H groups in total. The summed E-state index contributed by atoms with van der Waals surface area (Å²) >= 11 is 1.92. The Morgan fingerprint density at radius 3 is 2.48 bits per heavy atom. The van der Waals surface area contributed by atoms with Crippen LogP contribution in [0.2, 0.25) is 0 Å². The van der Waals surface area contributed by atoms with Crippen LogP contribution in [-0.4, -0.2) is 138 Å². The van der Waals surface area contributed by atoms with Crippen LogP contribution in [0.25, 0.3) is 0 Å². The minimum absolute atomic E-state index is 0.0853. The Balaban J connectivity index is 1.58. The number of nitrogens with one attached hydrogen (secondary N) is 2. The van der Waals surface area contributed by atoms with Gasteiger partial charge in [0.1, 0.15) is 23.9 Å². The number of nitrogens with zero attached hydrogens (tertiary/aromatic N) is 4. The molecule has 0 radical (unpaired) electrons. The molecule has 1 amide bonds. The van der Waals surface area contributed by atoms with Crippen molar-refractivity contribution in [3.63, 3.8) is 0 Å². The molecule has 266 valence electrons. The van der Waals surface area contributed by atoms with Crippen LogP contribution in [0.1, 0.15) is 74.7 Å². The zero-order valence-corrected chi connectivity index (χ0v) is 30.9. The molecule has 6 unspecified atom stereocenters. The van der Waals surface area contributed by atoms with E-state index in [4.69, 9.17) is 14.5 Å². The number of methoxy groups -OCH3 is 1. The van der Waals surface area contributed by atoms with E-state index in [1.165, 1.54) is 0 Å². The highest BCUT2D eigenvalue weighted by molar-refractivity contribution is 7.99. The lowest BCUT2D eigenvalue weighted by Crippen LogP contribution is -2.63. The molecule has 7 atom stereocenters. The number of likely N-dealkylation sites (tertiary alicyclic amines) is 1. The number of carbonyl (C=O) groups is 1. The van der Waals surface area contributed by atoms with Gasteiger partial charge in [-0.3, -0.25) is 20.1 Å². The van der Waals surface area contributed by atoms with Crippen LogP contribution >= 0.6 is 11.8 Å². The molecule has 0 aromatic heterocycles. The fourth-order valence-corrected chi connectivity index (χ4v) is 8.39. The van der Waals surface area contributed by atoms with Crippen molar-refractivity contribution in [2.24, 2.45) is 33.6 Å². The van der Waals surface area contributed by atoms with Gasteiger partial charge in [0.2, 0.25) is 0 Å². The van der Waals surface area contributed by atoms with E-state index in [1.54, 1.807) is 7.11 Å².